The Labute approximate surface area is 97.4 Å². The molecule has 0 nitrogen and oxygen atoms in total. The van der Waals surface area contributed by atoms with Gasteiger partial charge in [-0.25, -0.2) is 0 Å². The van der Waals surface area contributed by atoms with Crippen LogP contribution in [0.3, 0.4) is 0 Å². The van der Waals surface area contributed by atoms with Crippen LogP contribution in [0.4, 0.5) is 0 Å². The SMILES string of the molecule is [Cd+2].[S-2].[S-2].[Sr+2]. The first kappa shape index (κ1) is 27.5. The summed E-state index contributed by atoms with van der Waals surface area (Å²) in [7, 11) is 0. The third-order valence-corrected chi connectivity index (χ3v) is 0. The molecule has 0 aromatic heterocycles. The summed E-state index contributed by atoms with van der Waals surface area (Å²) in [5.41, 5.74) is 0. The molecule has 0 amide bonds. The van der Waals surface area contributed by atoms with Crippen LogP contribution in [-0.2, 0) is 54.3 Å². The average molecular weight is 264 g/mol. The predicted octanol–water partition coefficient (Wildman–Crippen LogP) is -0.388. The second-order valence-corrected chi connectivity index (χ2v) is 0. The van der Waals surface area contributed by atoms with Gasteiger partial charge in [0.1, 0.15) is 0 Å². The second kappa shape index (κ2) is 16.5. The van der Waals surface area contributed by atoms with Crippen molar-refractivity contribution in [1.82, 2.24) is 0 Å². The molecule has 0 aliphatic rings. The molecule has 0 atom stereocenters. The van der Waals surface area contributed by atoms with Gasteiger partial charge in [0, 0.05) is 0 Å². The van der Waals surface area contributed by atoms with Gasteiger partial charge < -0.3 is 27.0 Å². The van der Waals surface area contributed by atoms with E-state index in [1.165, 1.54) is 0 Å². The molecule has 16 valence electrons. The van der Waals surface area contributed by atoms with E-state index in [9.17, 15) is 0 Å². The molecule has 0 aromatic carbocycles. The van der Waals surface area contributed by atoms with Gasteiger partial charge in [-0.2, -0.15) is 0 Å². The largest absolute Gasteiger partial charge is 2.00 e. The van der Waals surface area contributed by atoms with Crippen molar-refractivity contribution in [2.24, 2.45) is 0 Å². The monoisotopic (exact) mass is 266 g/mol. The van der Waals surface area contributed by atoms with Crippen LogP contribution in [-0.4, -0.2) is 45.5 Å². The van der Waals surface area contributed by atoms with E-state index in [4.69, 9.17) is 0 Å². The topological polar surface area (TPSA) is 0 Å². The molecule has 0 saturated heterocycles. The fraction of sp³-hybridized carbons (Fsp3) is 0. The van der Waals surface area contributed by atoms with Crippen LogP contribution in [0.2, 0.25) is 0 Å². The summed E-state index contributed by atoms with van der Waals surface area (Å²) >= 11 is 0. The van der Waals surface area contributed by atoms with Gasteiger partial charge in [-0.15, -0.1) is 0 Å². The van der Waals surface area contributed by atoms with Gasteiger partial charge in [0.25, 0.3) is 0 Å². The van der Waals surface area contributed by atoms with E-state index in [0.717, 1.165) is 0 Å². The van der Waals surface area contributed by atoms with Gasteiger partial charge in [-0.05, 0) is 0 Å². The van der Waals surface area contributed by atoms with E-state index < -0.39 is 0 Å². The Hall–Kier alpha value is 3.10. The van der Waals surface area contributed by atoms with Crippen LogP contribution in [0.15, 0.2) is 0 Å². The summed E-state index contributed by atoms with van der Waals surface area (Å²) in [4.78, 5) is 0. The minimum Gasteiger partial charge on any atom is -2.00 e. The average Bonchev–Trinajstić information content (AvgIpc) is 0. The Kier molecular flexibility index (Phi) is 113. The van der Waals surface area contributed by atoms with Crippen molar-refractivity contribution < 1.29 is 27.3 Å². The Bertz CT molecular complexity index is 6.00. The minimum absolute atomic E-state index is 0. The first-order chi connectivity index (χ1) is 0. The molecule has 0 unspecified atom stereocenters. The van der Waals surface area contributed by atoms with Crippen LogP contribution < -0.4 is 0 Å². The van der Waals surface area contributed by atoms with Crippen LogP contribution in [0.25, 0.3) is 0 Å². The molecule has 0 spiro atoms. The maximum absolute atomic E-state index is 0. The van der Waals surface area contributed by atoms with Crippen LogP contribution >= 0.6 is 0 Å². The summed E-state index contributed by atoms with van der Waals surface area (Å²) in [5.74, 6) is 0. The molecule has 0 aromatic rings. The van der Waals surface area contributed by atoms with Crippen LogP contribution in [0.5, 0.6) is 0 Å². The third kappa shape index (κ3) is 8.92. The van der Waals surface area contributed by atoms with E-state index in [-0.39, 0.29) is 99.8 Å². The zero-order valence-electron chi connectivity index (χ0n) is 2.23. The molecule has 0 saturated carbocycles. The van der Waals surface area contributed by atoms with E-state index in [2.05, 4.69) is 0 Å². The summed E-state index contributed by atoms with van der Waals surface area (Å²) in [6, 6.07) is 0. The van der Waals surface area contributed by atoms with Crippen LogP contribution in [0.1, 0.15) is 0 Å². The number of hydrogen-bond acceptors (Lipinski definition) is 0. The fourth-order valence-corrected chi connectivity index (χ4v) is 0. The van der Waals surface area contributed by atoms with Gasteiger partial charge in [-0.1, -0.05) is 0 Å². The van der Waals surface area contributed by atoms with E-state index >= 15 is 0 Å². The van der Waals surface area contributed by atoms with E-state index in [1.807, 2.05) is 0 Å². The molecule has 0 rings (SSSR count). The molecule has 4 heteroatoms. The molecular weight excluding hydrogens is 264 g/mol. The van der Waals surface area contributed by atoms with Crippen molar-refractivity contribution in [3.8, 4) is 0 Å². The standard InChI is InChI=1S/Cd.2S.Sr/q+2;2*-2;+2. The van der Waals surface area contributed by atoms with Crippen LogP contribution in [0, 0.1) is 0 Å². The van der Waals surface area contributed by atoms with Crippen molar-refractivity contribution >= 4 is 72.5 Å². The quantitative estimate of drug-likeness (QED) is 0.523. The second-order valence-electron chi connectivity index (χ2n) is 0. The van der Waals surface area contributed by atoms with E-state index in [0.29, 0.717) is 0 Å². The van der Waals surface area contributed by atoms with Gasteiger partial charge >= 0.3 is 72.8 Å². The Morgan fingerprint density at radius 2 is 0.750 bits per heavy atom. The maximum atomic E-state index is 0. The van der Waals surface area contributed by atoms with Gasteiger partial charge in [0.2, 0.25) is 0 Å². The molecule has 0 aliphatic carbocycles. The minimum atomic E-state index is 0. The van der Waals surface area contributed by atoms with Crippen molar-refractivity contribution in [2.45, 2.75) is 0 Å². The summed E-state index contributed by atoms with van der Waals surface area (Å²) in [5, 5.41) is 0. The molecule has 0 heterocycles. The van der Waals surface area contributed by atoms with Crippen molar-refractivity contribution in [3.05, 3.63) is 0 Å². The van der Waals surface area contributed by atoms with Gasteiger partial charge in [0.15, 0.2) is 0 Å². The Balaban J connectivity index is 0. The maximum Gasteiger partial charge on any atom is 2.00 e. The Morgan fingerprint density at radius 3 is 0.750 bits per heavy atom. The normalized spacial score (nSPS) is 0. The smallest absolute Gasteiger partial charge is 2.00 e. The molecule has 0 radical (unpaired) electrons. The summed E-state index contributed by atoms with van der Waals surface area (Å²) in [6.07, 6.45) is 0. The number of hydrogen-bond donors (Lipinski definition) is 0. The first-order valence-corrected chi connectivity index (χ1v) is 0. The molecular formula is CdS2Sr. The molecule has 4 heavy (non-hydrogen) atoms. The Morgan fingerprint density at radius 1 is 0.750 bits per heavy atom. The molecule has 0 N–H and O–H groups in total. The van der Waals surface area contributed by atoms with E-state index in [1.54, 1.807) is 0 Å². The molecule has 0 fully saturated rings. The fourth-order valence-electron chi connectivity index (χ4n) is 0. The van der Waals surface area contributed by atoms with Crippen molar-refractivity contribution in [1.29, 1.82) is 0 Å². The van der Waals surface area contributed by atoms with Gasteiger partial charge in [0.05, 0.1) is 0 Å². The molecule has 0 bridgehead atoms. The molecule has 0 aliphatic heterocycles. The predicted molar refractivity (Wildman–Crippen MR) is 20.5 cm³/mol. The van der Waals surface area contributed by atoms with Crippen molar-refractivity contribution in [3.63, 3.8) is 0 Å². The summed E-state index contributed by atoms with van der Waals surface area (Å²) < 4.78 is 0. The number of rotatable bonds is 0. The zero-order valence-corrected chi connectivity index (χ0v) is 11.4. The zero-order chi connectivity index (χ0) is 0. The third-order valence-electron chi connectivity index (χ3n) is 0. The van der Waals surface area contributed by atoms with Crippen molar-refractivity contribution in [2.75, 3.05) is 0 Å². The van der Waals surface area contributed by atoms with Gasteiger partial charge in [-0.3, -0.25) is 0 Å². The summed E-state index contributed by atoms with van der Waals surface area (Å²) in [6.45, 7) is 0. The first-order valence-electron chi connectivity index (χ1n) is 0.